The second kappa shape index (κ2) is 12.3. The third kappa shape index (κ3) is 6.46. The van der Waals surface area contributed by atoms with E-state index in [4.69, 9.17) is 9.84 Å². The first-order valence-electron chi connectivity index (χ1n) is 15.4. The molecule has 0 spiro atoms. The zero-order valence-electron chi connectivity index (χ0n) is 24.3. The Balaban J connectivity index is 1.33. The van der Waals surface area contributed by atoms with Crippen molar-refractivity contribution in [1.82, 2.24) is 0 Å². The first kappa shape index (κ1) is 29.5. The molecule has 1 N–H and O–H groups in total. The van der Waals surface area contributed by atoms with Gasteiger partial charge in [-0.1, -0.05) is 76.7 Å². The van der Waals surface area contributed by atoms with Crippen LogP contribution in [0.25, 0.3) is 0 Å². The molecule has 4 aliphatic carbocycles. The Morgan fingerprint density at radius 3 is 2.62 bits per heavy atom. The molecular weight excluding hydrogens is 480 g/mol. The van der Waals surface area contributed by atoms with Gasteiger partial charge >= 0.3 is 5.97 Å². The number of hydrogen-bond acceptors (Lipinski definition) is 3. The van der Waals surface area contributed by atoms with Gasteiger partial charge in [-0.25, -0.2) is 0 Å². The maximum absolute atomic E-state index is 12.0. The van der Waals surface area contributed by atoms with Gasteiger partial charge in [0.2, 0.25) is 0 Å². The smallest absolute Gasteiger partial charge is 0.308 e. The largest absolute Gasteiger partial charge is 0.616 e. The van der Waals surface area contributed by atoms with Crippen LogP contribution in [0.4, 0.5) is 0 Å². The summed E-state index contributed by atoms with van der Waals surface area (Å²) in [5.74, 6) is 4.97. The minimum absolute atomic E-state index is 0.0261. The molecule has 4 rings (SSSR count). The SMILES string of the molecule is CC(C)CCC[C@@H](C)[C@H]1CC[C@H]2[C@@H]3CC=C4C[C@@H](OCC[S+]([O-])CCC(=O)O)CC[C@]4(C)[C@H]3CC[C@]12C. The molecule has 4 aliphatic rings. The van der Waals surface area contributed by atoms with Crippen molar-refractivity contribution in [3.8, 4) is 0 Å². The standard InChI is InChI=1S/C32H54O4S/c1-22(2)7-6-8-23(3)27-11-12-28-26-10-9-24-21-25(36-18-20-37(35)19-15-30(33)34)13-16-31(24,4)29(26)14-17-32(27,28)5/h9,22-23,25-29H,6-8,10-21H2,1-5H3,(H,33,34)/t23-,25+,26+,27-,28+,29+,31+,32-,37?/m1/s1. The number of carboxylic acids is 1. The van der Waals surface area contributed by atoms with Crippen LogP contribution in [-0.2, 0) is 20.7 Å². The van der Waals surface area contributed by atoms with Crippen LogP contribution >= 0.6 is 0 Å². The molecule has 4 nitrogen and oxygen atoms in total. The van der Waals surface area contributed by atoms with E-state index in [9.17, 15) is 9.35 Å². The lowest BCUT2D eigenvalue weighted by atomic mass is 9.47. The third-order valence-electron chi connectivity index (χ3n) is 11.5. The minimum atomic E-state index is -1.10. The Bertz CT molecular complexity index is 811. The molecule has 1 unspecified atom stereocenters. The maximum Gasteiger partial charge on any atom is 0.308 e. The van der Waals surface area contributed by atoms with Gasteiger partial charge in [-0.05, 0) is 97.7 Å². The molecular formula is C32H54O4S. The highest BCUT2D eigenvalue weighted by Crippen LogP contribution is 2.67. The number of ether oxygens (including phenoxy) is 1. The van der Waals surface area contributed by atoms with Crippen molar-refractivity contribution >= 4 is 17.1 Å². The number of rotatable bonds is 12. The lowest BCUT2D eigenvalue weighted by molar-refractivity contribution is -0.136. The Morgan fingerprint density at radius 1 is 1.11 bits per heavy atom. The number of carboxylic acid groups (broad SMARTS) is 1. The molecule has 3 saturated carbocycles. The summed E-state index contributed by atoms with van der Waals surface area (Å²) in [7, 11) is 0. The van der Waals surface area contributed by atoms with E-state index in [-0.39, 0.29) is 18.3 Å². The van der Waals surface area contributed by atoms with Crippen LogP contribution < -0.4 is 0 Å². The lowest BCUT2D eigenvalue weighted by Gasteiger charge is -2.58. The van der Waals surface area contributed by atoms with Gasteiger partial charge in [0.15, 0.2) is 0 Å². The van der Waals surface area contributed by atoms with Gasteiger partial charge in [0.05, 0.1) is 19.1 Å². The lowest BCUT2D eigenvalue weighted by Crippen LogP contribution is -2.51. The molecule has 0 radical (unpaired) electrons. The Kier molecular flexibility index (Phi) is 9.82. The van der Waals surface area contributed by atoms with Gasteiger partial charge in [0.1, 0.15) is 11.5 Å². The molecule has 3 fully saturated rings. The molecule has 0 saturated heterocycles. The first-order chi connectivity index (χ1) is 17.5. The fourth-order valence-corrected chi connectivity index (χ4v) is 10.3. The van der Waals surface area contributed by atoms with Crippen molar-refractivity contribution in [2.75, 3.05) is 18.1 Å². The normalized spacial score (nSPS) is 38.9. The summed E-state index contributed by atoms with van der Waals surface area (Å²) in [5.41, 5.74) is 2.50. The third-order valence-corrected chi connectivity index (χ3v) is 12.7. The molecule has 5 heteroatoms. The summed E-state index contributed by atoms with van der Waals surface area (Å²) >= 11 is -1.10. The van der Waals surface area contributed by atoms with Crippen LogP contribution in [0, 0.1) is 46.3 Å². The second-order valence-electron chi connectivity index (χ2n) is 14.0. The Labute approximate surface area is 230 Å². The van der Waals surface area contributed by atoms with Crippen molar-refractivity contribution in [2.45, 2.75) is 118 Å². The first-order valence-corrected chi connectivity index (χ1v) is 16.9. The fourth-order valence-electron chi connectivity index (χ4n) is 9.41. The average molecular weight is 535 g/mol. The van der Waals surface area contributed by atoms with Crippen LogP contribution in [0.15, 0.2) is 11.6 Å². The van der Waals surface area contributed by atoms with Crippen molar-refractivity contribution in [3.05, 3.63) is 11.6 Å². The topological polar surface area (TPSA) is 69.6 Å². The van der Waals surface area contributed by atoms with Crippen molar-refractivity contribution in [1.29, 1.82) is 0 Å². The fraction of sp³-hybridized carbons (Fsp3) is 0.906. The molecule has 0 heterocycles. The maximum atomic E-state index is 12.0. The van der Waals surface area contributed by atoms with E-state index < -0.39 is 17.1 Å². The highest BCUT2D eigenvalue weighted by molar-refractivity contribution is 7.91. The highest BCUT2D eigenvalue weighted by atomic mass is 32.2. The predicted octanol–water partition coefficient (Wildman–Crippen LogP) is 7.64. The van der Waals surface area contributed by atoms with Crippen molar-refractivity contribution < 1.29 is 19.2 Å². The minimum Gasteiger partial charge on any atom is -0.616 e. The van der Waals surface area contributed by atoms with Crippen LogP contribution in [-0.4, -0.2) is 39.8 Å². The molecule has 0 aromatic rings. The summed E-state index contributed by atoms with van der Waals surface area (Å²) in [6.45, 7) is 13.0. The summed E-state index contributed by atoms with van der Waals surface area (Å²) in [6, 6.07) is 0. The number of aliphatic carboxylic acids is 1. The monoisotopic (exact) mass is 534 g/mol. The van der Waals surface area contributed by atoms with Crippen LogP contribution in [0.3, 0.4) is 0 Å². The summed E-state index contributed by atoms with van der Waals surface area (Å²) in [4.78, 5) is 10.7. The molecule has 0 aromatic heterocycles. The van der Waals surface area contributed by atoms with Crippen LogP contribution in [0.1, 0.15) is 112 Å². The molecule has 0 bridgehead atoms. The number of carbonyl (C=O) groups is 1. The molecule has 0 aliphatic heterocycles. The second-order valence-corrected chi connectivity index (χ2v) is 15.7. The van der Waals surface area contributed by atoms with E-state index in [1.165, 1.54) is 57.8 Å². The molecule has 0 aromatic carbocycles. The summed E-state index contributed by atoms with van der Waals surface area (Å²) in [5, 5.41) is 8.79. The predicted molar refractivity (Wildman–Crippen MR) is 153 cm³/mol. The van der Waals surface area contributed by atoms with Crippen LogP contribution in [0.2, 0.25) is 0 Å². The van der Waals surface area contributed by atoms with Crippen LogP contribution in [0.5, 0.6) is 0 Å². The molecule has 212 valence electrons. The van der Waals surface area contributed by atoms with E-state index in [0.29, 0.717) is 23.2 Å². The Hall–Kier alpha value is -0.520. The van der Waals surface area contributed by atoms with Gasteiger partial charge < -0.3 is 14.4 Å². The highest BCUT2D eigenvalue weighted by Gasteiger charge is 2.59. The van der Waals surface area contributed by atoms with Gasteiger partial charge in [0.25, 0.3) is 0 Å². The van der Waals surface area contributed by atoms with E-state index in [1.54, 1.807) is 5.57 Å². The molecule has 9 atom stereocenters. The number of hydrogen-bond donors (Lipinski definition) is 1. The van der Waals surface area contributed by atoms with E-state index >= 15 is 0 Å². The summed E-state index contributed by atoms with van der Waals surface area (Å²) in [6.07, 6.45) is 17.3. The quantitative estimate of drug-likeness (QED) is 0.206. The van der Waals surface area contributed by atoms with E-state index in [2.05, 4.69) is 40.7 Å². The van der Waals surface area contributed by atoms with Gasteiger partial charge in [-0.2, -0.15) is 0 Å². The van der Waals surface area contributed by atoms with Gasteiger partial charge in [-0.3, -0.25) is 4.79 Å². The van der Waals surface area contributed by atoms with E-state index in [0.717, 1.165) is 48.3 Å². The molecule has 0 amide bonds. The number of fused-ring (bicyclic) bond motifs is 5. The molecule has 37 heavy (non-hydrogen) atoms. The van der Waals surface area contributed by atoms with Crippen molar-refractivity contribution in [3.63, 3.8) is 0 Å². The average Bonchev–Trinajstić information content (AvgIpc) is 3.20. The number of allylic oxidation sites excluding steroid dienone is 1. The zero-order chi connectivity index (χ0) is 26.8. The summed E-state index contributed by atoms with van der Waals surface area (Å²) < 4.78 is 18.2. The Morgan fingerprint density at radius 2 is 1.89 bits per heavy atom. The van der Waals surface area contributed by atoms with Crippen molar-refractivity contribution in [2.24, 2.45) is 46.3 Å². The van der Waals surface area contributed by atoms with E-state index in [1.807, 2.05) is 0 Å². The zero-order valence-corrected chi connectivity index (χ0v) is 25.1. The van der Waals surface area contributed by atoms with Gasteiger partial charge in [-0.15, -0.1) is 0 Å². The van der Waals surface area contributed by atoms with Gasteiger partial charge in [0, 0.05) is 0 Å².